The van der Waals surface area contributed by atoms with Crippen LogP contribution in [0.15, 0.2) is 0 Å². The molecule has 21 heavy (non-hydrogen) atoms. The Morgan fingerprint density at radius 1 is 1.43 bits per heavy atom. The van der Waals surface area contributed by atoms with Crippen LogP contribution in [0.1, 0.15) is 49.6 Å². The predicted molar refractivity (Wildman–Crippen MR) is 86.4 cm³/mol. The highest BCUT2D eigenvalue weighted by Crippen LogP contribution is 2.40. The van der Waals surface area contributed by atoms with Crippen LogP contribution in [0.2, 0.25) is 0 Å². The Bertz CT molecular complexity index is 564. The minimum Gasteiger partial charge on any atom is -0.396 e. The summed E-state index contributed by atoms with van der Waals surface area (Å²) in [5.74, 6) is 1.78. The minimum absolute atomic E-state index is 0.157. The van der Waals surface area contributed by atoms with Crippen LogP contribution in [0.4, 0.5) is 5.82 Å². The topological polar surface area (TPSA) is 70.2 Å². The van der Waals surface area contributed by atoms with Crippen molar-refractivity contribution in [3.8, 4) is 6.07 Å². The number of aliphatic hydroxyl groups excluding tert-OH is 1. The molecule has 2 heterocycles. The van der Waals surface area contributed by atoms with E-state index in [0.717, 1.165) is 30.0 Å². The first-order valence-electron chi connectivity index (χ1n) is 7.51. The Morgan fingerprint density at radius 3 is 2.81 bits per heavy atom. The molecule has 0 fully saturated rings. The first-order valence-corrected chi connectivity index (χ1v) is 8.49. The number of anilines is 1. The molecule has 0 bridgehead atoms. The molecule has 0 unspecified atom stereocenters. The van der Waals surface area contributed by atoms with Crippen molar-refractivity contribution < 1.29 is 10.1 Å². The lowest BCUT2D eigenvalue weighted by Crippen LogP contribution is -2.31. The summed E-state index contributed by atoms with van der Waals surface area (Å²) in [5, 5.41) is 21.8. The molecule has 1 aliphatic heterocycles. The molecular formula is C16H24N3OS+. The number of aromatic nitrogens is 1. The number of aliphatic hydroxyl groups is 1. The molecule has 0 atom stereocenters. The van der Waals surface area contributed by atoms with E-state index in [9.17, 15) is 5.26 Å². The van der Waals surface area contributed by atoms with Gasteiger partial charge in [-0.05, 0) is 12.0 Å². The van der Waals surface area contributed by atoms with Crippen molar-refractivity contribution >= 4 is 17.6 Å². The van der Waals surface area contributed by atoms with Gasteiger partial charge in [-0.25, -0.2) is 4.98 Å². The molecule has 0 aliphatic carbocycles. The molecule has 1 aromatic heterocycles. The number of rotatable bonds is 5. The van der Waals surface area contributed by atoms with Crippen molar-refractivity contribution in [1.82, 2.24) is 0 Å². The third-order valence-electron chi connectivity index (χ3n) is 3.87. The van der Waals surface area contributed by atoms with Gasteiger partial charge in [0, 0.05) is 35.5 Å². The third-order valence-corrected chi connectivity index (χ3v) is 5.23. The molecule has 0 radical (unpaired) electrons. The van der Waals surface area contributed by atoms with Gasteiger partial charge in [-0.15, -0.1) is 0 Å². The van der Waals surface area contributed by atoms with Crippen LogP contribution in [-0.4, -0.2) is 23.0 Å². The van der Waals surface area contributed by atoms with E-state index in [1.54, 1.807) is 0 Å². The van der Waals surface area contributed by atoms with Crippen molar-refractivity contribution in [3.63, 3.8) is 0 Å². The lowest BCUT2D eigenvalue weighted by Gasteiger charge is -2.31. The summed E-state index contributed by atoms with van der Waals surface area (Å²) in [6, 6.07) is 2.37. The molecule has 2 rings (SSSR count). The van der Waals surface area contributed by atoms with E-state index in [1.165, 1.54) is 16.8 Å². The molecule has 5 heteroatoms. The number of nitrogens with zero attached hydrogens (tertiary/aromatic N) is 1. The van der Waals surface area contributed by atoms with E-state index in [4.69, 9.17) is 5.11 Å². The summed E-state index contributed by atoms with van der Waals surface area (Å²) in [7, 11) is 0. The van der Waals surface area contributed by atoms with Crippen molar-refractivity contribution in [2.45, 2.75) is 50.5 Å². The van der Waals surface area contributed by atoms with Gasteiger partial charge >= 0.3 is 0 Å². The van der Waals surface area contributed by atoms with E-state index in [-0.39, 0.29) is 11.4 Å². The lowest BCUT2D eigenvalue weighted by atomic mass is 9.92. The molecule has 0 amide bonds. The Labute approximate surface area is 131 Å². The van der Waals surface area contributed by atoms with Crippen molar-refractivity contribution in [2.75, 3.05) is 18.5 Å². The van der Waals surface area contributed by atoms with E-state index in [1.807, 2.05) is 11.8 Å². The van der Waals surface area contributed by atoms with Crippen molar-refractivity contribution in [1.29, 1.82) is 5.26 Å². The van der Waals surface area contributed by atoms with Gasteiger partial charge in [0.2, 0.25) is 0 Å². The van der Waals surface area contributed by atoms with E-state index in [0.29, 0.717) is 13.0 Å². The summed E-state index contributed by atoms with van der Waals surface area (Å²) in [5.41, 5.74) is 4.47. The predicted octanol–water partition coefficient (Wildman–Crippen LogP) is 2.30. The van der Waals surface area contributed by atoms with Gasteiger partial charge in [-0.2, -0.15) is 17.0 Å². The molecule has 0 aromatic carbocycles. The van der Waals surface area contributed by atoms with E-state index in [2.05, 4.69) is 37.1 Å². The van der Waals surface area contributed by atoms with Crippen molar-refractivity contribution in [2.24, 2.45) is 0 Å². The maximum absolute atomic E-state index is 9.60. The van der Waals surface area contributed by atoms with Crippen LogP contribution in [0, 0.1) is 11.3 Å². The summed E-state index contributed by atoms with van der Waals surface area (Å²) >= 11 is 1.96. The van der Waals surface area contributed by atoms with Crippen LogP contribution in [-0.2, 0) is 18.6 Å². The number of pyridine rings is 1. The second-order valence-corrected chi connectivity index (χ2v) is 7.69. The van der Waals surface area contributed by atoms with Gasteiger partial charge in [0.05, 0.1) is 6.54 Å². The quantitative estimate of drug-likeness (QED) is 0.819. The molecular weight excluding hydrogens is 282 g/mol. The smallest absolute Gasteiger partial charge is 0.290 e. The summed E-state index contributed by atoms with van der Waals surface area (Å²) < 4.78 is 0.174. The largest absolute Gasteiger partial charge is 0.396 e. The molecule has 0 saturated carbocycles. The van der Waals surface area contributed by atoms with Gasteiger partial charge in [-0.1, -0.05) is 20.8 Å². The number of thioether (sulfide) groups is 1. The zero-order valence-corrected chi connectivity index (χ0v) is 13.9. The first-order chi connectivity index (χ1) is 10.0. The van der Waals surface area contributed by atoms with E-state index < -0.39 is 0 Å². The fourth-order valence-electron chi connectivity index (χ4n) is 2.74. The number of hydrogen-bond acceptors (Lipinski definition) is 4. The highest BCUT2D eigenvalue weighted by molar-refractivity contribution is 7.99. The first kappa shape index (κ1) is 16.1. The van der Waals surface area contributed by atoms with Crippen LogP contribution >= 0.6 is 11.8 Å². The Kier molecular flexibility index (Phi) is 5.13. The molecule has 0 saturated heterocycles. The van der Waals surface area contributed by atoms with Gasteiger partial charge in [-0.3, -0.25) is 5.32 Å². The Hall–Kier alpha value is -1.25. The highest BCUT2D eigenvalue weighted by atomic mass is 32.2. The summed E-state index contributed by atoms with van der Waals surface area (Å²) in [4.78, 5) is 3.40. The lowest BCUT2D eigenvalue weighted by molar-refractivity contribution is -0.374. The molecule has 1 aromatic rings. The van der Waals surface area contributed by atoms with Crippen LogP contribution in [0.5, 0.6) is 0 Å². The molecule has 3 N–H and O–H groups in total. The number of aromatic amines is 1. The van der Waals surface area contributed by atoms with Crippen LogP contribution < -0.4 is 10.3 Å². The fourth-order valence-corrected chi connectivity index (χ4v) is 3.87. The average Bonchev–Trinajstić information content (AvgIpc) is 2.45. The zero-order valence-electron chi connectivity index (χ0n) is 13.0. The zero-order chi connectivity index (χ0) is 15.5. The Morgan fingerprint density at radius 2 is 2.19 bits per heavy atom. The molecule has 4 nitrogen and oxygen atoms in total. The Balaban J connectivity index is 2.46. The number of H-pyrrole nitrogens is 1. The summed E-state index contributed by atoms with van der Waals surface area (Å²) in [6.45, 7) is 7.44. The average molecular weight is 306 g/mol. The molecule has 114 valence electrons. The number of nitrogens with one attached hydrogen (secondary N) is 2. The summed E-state index contributed by atoms with van der Waals surface area (Å²) in [6.07, 6.45) is 2.54. The SMILES string of the molecule is CCc1[nH+]c(NCCCO)c(C#N)c2c1CSC(C)(C)C2. The standard InChI is InChI=1S/C16H23N3OS/c1-4-14-13-10-21-16(2,3)8-11(13)12(9-17)15(19-14)18-6-5-7-20/h20H,4-8,10H2,1-3H3,(H,18,19)/p+1. The van der Waals surface area contributed by atoms with Crippen LogP contribution in [0.3, 0.4) is 0 Å². The number of fused-ring (bicyclic) bond motifs is 1. The molecule has 0 spiro atoms. The maximum atomic E-state index is 9.60. The van der Waals surface area contributed by atoms with Crippen molar-refractivity contribution in [3.05, 3.63) is 22.4 Å². The van der Waals surface area contributed by atoms with Gasteiger partial charge in [0.1, 0.15) is 17.3 Å². The van der Waals surface area contributed by atoms with Gasteiger partial charge < -0.3 is 5.11 Å². The number of aryl methyl sites for hydroxylation is 1. The van der Waals surface area contributed by atoms with Gasteiger partial charge in [0.15, 0.2) is 0 Å². The second kappa shape index (κ2) is 6.67. The second-order valence-electron chi connectivity index (χ2n) is 6.01. The third kappa shape index (κ3) is 3.50. The monoisotopic (exact) mass is 306 g/mol. The highest BCUT2D eigenvalue weighted by Gasteiger charge is 2.32. The minimum atomic E-state index is 0.157. The normalized spacial score (nSPS) is 16.1. The molecule has 1 aliphatic rings. The maximum Gasteiger partial charge on any atom is 0.290 e. The van der Waals surface area contributed by atoms with E-state index >= 15 is 0 Å². The van der Waals surface area contributed by atoms with Crippen LogP contribution in [0.25, 0.3) is 0 Å². The fraction of sp³-hybridized carbons (Fsp3) is 0.625. The number of nitriles is 1. The van der Waals surface area contributed by atoms with Gasteiger partial charge in [0.25, 0.3) is 5.82 Å². The number of hydrogen-bond donors (Lipinski definition) is 2.